The molecule has 0 bridgehead atoms. The van der Waals surface area contributed by atoms with Gasteiger partial charge in [0.05, 0.1) is 5.69 Å². The van der Waals surface area contributed by atoms with Crippen molar-refractivity contribution in [1.29, 1.82) is 0 Å². The highest BCUT2D eigenvalue weighted by Crippen LogP contribution is 2.24. The van der Waals surface area contributed by atoms with E-state index in [0.29, 0.717) is 24.7 Å². The molecule has 3 aromatic rings. The molecule has 1 heterocycles. The van der Waals surface area contributed by atoms with Crippen molar-refractivity contribution >= 4 is 11.6 Å². The van der Waals surface area contributed by atoms with Crippen LogP contribution in [0, 0.1) is 6.92 Å². The number of rotatable bonds is 7. The number of hydrogen-bond donors (Lipinski definition) is 1. The smallest absolute Gasteiger partial charge is 0.124 e. The molecule has 0 aliphatic rings. The molecular weight excluding hydrogens is 332 g/mol. The molecule has 2 aromatic carbocycles. The molecule has 0 saturated heterocycles. The van der Waals surface area contributed by atoms with E-state index in [4.69, 9.17) is 16.3 Å². The Labute approximate surface area is 153 Å². The normalized spacial score (nSPS) is 10.6. The Bertz CT molecular complexity index is 804. The Morgan fingerprint density at radius 3 is 2.60 bits per heavy atom. The maximum atomic E-state index is 6.15. The van der Waals surface area contributed by atoms with Gasteiger partial charge in [-0.05, 0) is 42.8 Å². The third-order valence-corrected chi connectivity index (χ3v) is 4.12. The minimum atomic E-state index is 0.537. The monoisotopic (exact) mass is 352 g/mol. The number of pyridine rings is 1. The van der Waals surface area contributed by atoms with Crippen LogP contribution in [-0.2, 0) is 19.7 Å². The predicted octanol–water partition coefficient (Wildman–Crippen LogP) is 4.91. The van der Waals surface area contributed by atoms with Gasteiger partial charge in [-0.1, -0.05) is 47.5 Å². The molecule has 0 saturated carbocycles. The molecule has 0 unspecified atom stereocenters. The highest BCUT2D eigenvalue weighted by Gasteiger charge is 2.06. The van der Waals surface area contributed by atoms with Crippen molar-refractivity contribution in [3.63, 3.8) is 0 Å². The summed E-state index contributed by atoms with van der Waals surface area (Å²) in [5.41, 5.74) is 4.43. The number of hydrogen-bond acceptors (Lipinski definition) is 3. The molecule has 1 aromatic heterocycles. The number of nitrogens with zero attached hydrogens (tertiary/aromatic N) is 1. The molecule has 1 N–H and O–H groups in total. The molecule has 0 amide bonds. The minimum Gasteiger partial charge on any atom is -0.489 e. The highest BCUT2D eigenvalue weighted by atomic mass is 35.5. The van der Waals surface area contributed by atoms with Crippen LogP contribution in [0.5, 0.6) is 5.75 Å². The zero-order valence-corrected chi connectivity index (χ0v) is 15.0. The molecule has 0 radical (unpaired) electrons. The first-order valence-electron chi connectivity index (χ1n) is 8.28. The van der Waals surface area contributed by atoms with E-state index in [0.717, 1.165) is 22.6 Å². The van der Waals surface area contributed by atoms with Gasteiger partial charge in [0.2, 0.25) is 0 Å². The number of aromatic nitrogens is 1. The van der Waals surface area contributed by atoms with E-state index in [9.17, 15) is 0 Å². The first-order valence-corrected chi connectivity index (χ1v) is 8.66. The molecule has 0 spiro atoms. The summed E-state index contributed by atoms with van der Waals surface area (Å²) in [4.78, 5) is 4.31. The van der Waals surface area contributed by atoms with Crippen LogP contribution in [0.1, 0.15) is 22.4 Å². The van der Waals surface area contributed by atoms with E-state index in [1.54, 1.807) is 6.20 Å². The summed E-state index contributed by atoms with van der Waals surface area (Å²) < 4.78 is 6.01. The van der Waals surface area contributed by atoms with Gasteiger partial charge in [0, 0.05) is 29.9 Å². The molecule has 25 heavy (non-hydrogen) atoms. The van der Waals surface area contributed by atoms with Gasteiger partial charge in [0.1, 0.15) is 12.4 Å². The van der Waals surface area contributed by atoms with Crippen LogP contribution < -0.4 is 10.1 Å². The van der Waals surface area contributed by atoms with E-state index in [1.807, 2.05) is 36.4 Å². The average molecular weight is 353 g/mol. The number of halogens is 1. The standard InChI is InChI=1S/C21H21ClN2O/c1-16-5-7-17(8-6-16)15-25-21-10-9-19(22)12-18(21)13-23-14-20-4-2-3-11-24-20/h2-12,23H,13-15H2,1H3. The third kappa shape index (κ3) is 5.31. The maximum Gasteiger partial charge on any atom is 0.124 e. The second-order valence-corrected chi connectivity index (χ2v) is 6.39. The number of ether oxygens (including phenoxy) is 1. The van der Waals surface area contributed by atoms with Gasteiger partial charge in [-0.2, -0.15) is 0 Å². The van der Waals surface area contributed by atoms with Crippen LogP contribution in [0.4, 0.5) is 0 Å². The van der Waals surface area contributed by atoms with Gasteiger partial charge < -0.3 is 10.1 Å². The summed E-state index contributed by atoms with van der Waals surface area (Å²) in [5.74, 6) is 0.846. The van der Waals surface area contributed by atoms with E-state index in [1.165, 1.54) is 5.56 Å². The van der Waals surface area contributed by atoms with Gasteiger partial charge in [-0.15, -0.1) is 0 Å². The fourth-order valence-electron chi connectivity index (χ4n) is 2.50. The highest BCUT2D eigenvalue weighted by molar-refractivity contribution is 6.30. The Morgan fingerprint density at radius 1 is 1.00 bits per heavy atom. The quantitative estimate of drug-likeness (QED) is 0.655. The van der Waals surface area contributed by atoms with Crippen LogP contribution in [0.2, 0.25) is 5.02 Å². The van der Waals surface area contributed by atoms with Gasteiger partial charge in [0.25, 0.3) is 0 Å². The van der Waals surface area contributed by atoms with E-state index < -0.39 is 0 Å². The van der Waals surface area contributed by atoms with Crippen LogP contribution in [0.15, 0.2) is 66.9 Å². The van der Waals surface area contributed by atoms with Crippen molar-refractivity contribution in [2.45, 2.75) is 26.6 Å². The molecule has 3 nitrogen and oxygen atoms in total. The van der Waals surface area contributed by atoms with Gasteiger partial charge in [0.15, 0.2) is 0 Å². The van der Waals surface area contributed by atoms with Crippen molar-refractivity contribution in [3.8, 4) is 5.75 Å². The fraction of sp³-hybridized carbons (Fsp3) is 0.190. The second kappa shape index (κ2) is 8.65. The summed E-state index contributed by atoms with van der Waals surface area (Å²) in [6.45, 7) is 3.98. The number of nitrogens with one attached hydrogen (secondary N) is 1. The third-order valence-electron chi connectivity index (χ3n) is 3.89. The number of benzene rings is 2. The molecule has 4 heteroatoms. The lowest BCUT2D eigenvalue weighted by Gasteiger charge is -2.13. The molecule has 0 fully saturated rings. The lowest BCUT2D eigenvalue weighted by molar-refractivity contribution is 0.302. The fourth-order valence-corrected chi connectivity index (χ4v) is 2.70. The van der Waals surface area contributed by atoms with Crippen molar-refractivity contribution < 1.29 is 4.74 Å². The second-order valence-electron chi connectivity index (χ2n) is 5.95. The summed E-state index contributed by atoms with van der Waals surface area (Å²) in [7, 11) is 0. The Kier molecular flexibility index (Phi) is 6.04. The number of aryl methyl sites for hydroxylation is 1. The Hall–Kier alpha value is -2.36. The molecule has 3 rings (SSSR count). The summed E-state index contributed by atoms with van der Waals surface area (Å²) in [5, 5.41) is 4.10. The maximum absolute atomic E-state index is 6.15. The van der Waals surface area contributed by atoms with E-state index in [-0.39, 0.29) is 0 Å². The van der Waals surface area contributed by atoms with E-state index in [2.05, 4.69) is 41.5 Å². The average Bonchev–Trinajstić information content (AvgIpc) is 2.63. The van der Waals surface area contributed by atoms with Crippen molar-refractivity contribution in [3.05, 3.63) is 94.3 Å². The van der Waals surface area contributed by atoms with Crippen molar-refractivity contribution in [2.75, 3.05) is 0 Å². The Morgan fingerprint density at radius 2 is 1.84 bits per heavy atom. The van der Waals surface area contributed by atoms with E-state index >= 15 is 0 Å². The van der Waals surface area contributed by atoms with Crippen LogP contribution >= 0.6 is 11.6 Å². The lowest BCUT2D eigenvalue weighted by atomic mass is 10.1. The van der Waals surface area contributed by atoms with Crippen LogP contribution in [0.3, 0.4) is 0 Å². The van der Waals surface area contributed by atoms with Gasteiger partial charge >= 0.3 is 0 Å². The van der Waals surface area contributed by atoms with Crippen molar-refractivity contribution in [2.24, 2.45) is 0 Å². The topological polar surface area (TPSA) is 34.1 Å². The van der Waals surface area contributed by atoms with Crippen molar-refractivity contribution in [1.82, 2.24) is 10.3 Å². The predicted molar refractivity (Wildman–Crippen MR) is 102 cm³/mol. The summed E-state index contributed by atoms with van der Waals surface area (Å²) >= 11 is 6.15. The zero-order chi connectivity index (χ0) is 17.5. The zero-order valence-electron chi connectivity index (χ0n) is 14.2. The first kappa shape index (κ1) is 17.5. The summed E-state index contributed by atoms with van der Waals surface area (Å²) in [6, 6.07) is 20.0. The first-order chi connectivity index (χ1) is 12.2. The van der Waals surface area contributed by atoms with Crippen LogP contribution in [0.25, 0.3) is 0 Å². The largest absolute Gasteiger partial charge is 0.489 e. The Balaban J connectivity index is 1.62. The molecule has 128 valence electrons. The van der Waals surface area contributed by atoms with Gasteiger partial charge in [-0.25, -0.2) is 0 Å². The summed E-state index contributed by atoms with van der Waals surface area (Å²) in [6.07, 6.45) is 1.80. The molecular formula is C21H21ClN2O. The van der Waals surface area contributed by atoms with Gasteiger partial charge in [-0.3, -0.25) is 4.98 Å². The minimum absolute atomic E-state index is 0.537. The molecule has 0 atom stereocenters. The van der Waals surface area contributed by atoms with Crippen LogP contribution in [-0.4, -0.2) is 4.98 Å². The molecule has 0 aliphatic carbocycles. The lowest BCUT2D eigenvalue weighted by Crippen LogP contribution is -2.14. The molecule has 0 aliphatic heterocycles. The SMILES string of the molecule is Cc1ccc(COc2ccc(Cl)cc2CNCc2ccccn2)cc1.